The van der Waals surface area contributed by atoms with Gasteiger partial charge in [-0.1, -0.05) is 38.1 Å². The lowest BCUT2D eigenvalue weighted by molar-refractivity contribution is -0.148. The summed E-state index contributed by atoms with van der Waals surface area (Å²) in [7, 11) is 1.37. The molecule has 0 spiro atoms. The first-order valence-corrected chi connectivity index (χ1v) is 8.93. The highest BCUT2D eigenvalue weighted by Gasteiger charge is 2.18. The van der Waals surface area contributed by atoms with Gasteiger partial charge in [-0.05, 0) is 48.2 Å². The van der Waals surface area contributed by atoms with Crippen molar-refractivity contribution < 1.29 is 23.5 Å². The van der Waals surface area contributed by atoms with E-state index in [-0.39, 0.29) is 11.7 Å². The van der Waals surface area contributed by atoms with E-state index in [9.17, 15) is 14.0 Å². The molecule has 0 unspecified atom stereocenters. The maximum Gasteiger partial charge on any atom is 0.331 e. The van der Waals surface area contributed by atoms with Crippen LogP contribution in [0.1, 0.15) is 37.8 Å². The Morgan fingerprint density at radius 2 is 1.82 bits per heavy atom. The van der Waals surface area contributed by atoms with Gasteiger partial charge in [-0.25, -0.2) is 9.18 Å². The van der Waals surface area contributed by atoms with Gasteiger partial charge in [0.2, 0.25) is 0 Å². The van der Waals surface area contributed by atoms with Crippen LogP contribution in [0.5, 0.6) is 5.75 Å². The molecule has 0 aliphatic rings. The second-order valence-electron chi connectivity index (χ2n) is 6.54. The molecule has 28 heavy (non-hydrogen) atoms. The lowest BCUT2D eigenvalue weighted by Gasteiger charge is -2.16. The van der Waals surface area contributed by atoms with Crippen LogP contribution in [0.4, 0.5) is 10.1 Å². The standard InChI is InChI=1S/C22H24FNO4/c1-14(2)17-7-5-6-8-19(17)24-22(26)15(3)28-21(25)12-10-16-9-11-20(27-4)18(23)13-16/h5-15H,1-4H3,(H,24,26)/b12-10+/t15-/m1/s1. The Kier molecular flexibility index (Phi) is 7.32. The normalized spacial score (nSPS) is 12.1. The van der Waals surface area contributed by atoms with Gasteiger partial charge >= 0.3 is 5.97 Å². The lowest BCUT2D eigenvalue weighted by Crippen LogP contribution is -2.29. The van der Waals surface area contributed by atoms with E-state index in [1.165, 1.54) is 32.2 Å². The average Bonchev–Trinajstić information content (AvgIpc) is 2.66. The first-order chi connectivity index (χ1) is 13.3. The number of hydrogen-bond acceptors (Lipinski definition) is 4. The molecule has 1 atom stereocenters. The molecule has 2 aromatic carbocycles. The van der Waals surface area contributed by atoms with E-state index in [2.05, 4.69) is 5.32 Å². The van der Waals surface area contributed by atoms with Gasteiger partial charge in [-0.3, -0.25) is 4.79 Å². The summed E-state index contributed by atoms with van der Waals surface area (Å²) in [4.78, 5) is 24.3. The van der Waals surface area contributed by atoms with Gasteiger partial charge < -0.3 is 14.8 Å². The molecule has 5 nitrogen and oxygen atoms in total. The summed E-state index contributed by atoms with van der Waals surface area (Å²) < 4.78 is 23.6. The molecule has 2 rings (SSSR count). The molecule has 2 aromatic rings. The maximum absolute atomic E-state index is 13.7. The molecule has 0 radical (unpaired) electrons. The largest absolute Gasteiger partial charge is 0.494 e. The monoisotopic (exact) mass is 385 g/mol. The van der Waals surface area contributed by atoms with Crippen LogP contribution in [-0.2, 0) is 14.3 Å². The third-order valence-electron chi connectivity index (χ3n) is 4.09. The molecule has 1 N–H and O–H groups in total. The number of carbonyl (C=O) groups excluding carboxylic acids is 2. The SMILES string of the molecule is COc1ccc(/C=C/C(=O)O[C@H](C)C(=O)Nc2ccccc2C(C)C)cc1F. The minimum atomic E-state index is -0.982. The Bertz CT molecular complexity index is 877. The van der Waals surface area contributed by atoms with Crippen molar-refractivity contribution in [3.63, 3.8) is 0 Å². The summed E-state index contributed by atoms with van der Waals surface area (Å²) in [5, 5.41) is 2.79. The molecule has 0 saturated heterocycles. The molecule has 148 valence electrons. The van der Waals surface area contributed by atoms with Crippen LogP contribution >= 0.6 is 0 Å². The fraction of sp³-hybridized carbons (Fsp3) is 0.273. The second-order valence-corrected chi connectivity index (χ2v) is 6.54. The first kappa shape index (κ1) is 21.2. The van der Waals surface area contributed by atoms with Crippen LogP contribution in [-0.4, -0.2) is 25.1 Å². The maximum atomic E-state index is 13.7. The minimum absolute atomic E-state index is 0.117. The number of carbonyl (C=O) groups is 2. The van der Waals surface area contributed by atoms with Crippen molar-refractivity contribution in [2.24, 2.45) is 0 Å². The van der Waals surface area contributed by atoms with Crippen molar-refractivity contribution in [2.75, 3.05) is 12.4 Å². The molecule has 0 heterocycles. The second kappa shape index (κ2) is 9.69. The number of nitrogens with one attached hydrogen (secondary N) is 1. The number of benzene rings is 2. The summed E-state index contributed by atoms with van der Waals surface area (Å²) >= 11 is 0. The predicted molar refractivity (Wildman–Crippen MR) is 107 cm³/mol. The van der Waals surface area contributed by atoms with E-state index >= 15 is 0 Å². The Morgan fingerprint density at radius 1 is 1.11 bits per heavy atom. The summed E-state index contributed by atoms with van der Waals surface area (Å²) in [6.07, 6.45) is 1.57. The third kappa shape index (κ3) is 5.67. The number of rotatable bonds is 7. The number of amides is 1. The van der Waals surface area contributed by atoms with Crippen LogP contribution in [0, 0.1) is 5.82 Å². The third-order valence-corrected chi connectivity index (χ3v) is 4.09. The molecular formula is C22H24FNO4. The van der Waals surface area contributed by atoms with E-state index in [1.54, 1.807) is 12.1 Å². The van der Waals surface area contributed by atoms with Crippen molar-refractivity contribution in [1.82, 2.24) is 0 Å². The fourth-order valence-electron chi connectivity index (χ4n) is 2.57. The zero-order valence-electron chi connectivity index (χ0n) is 16.4. The lowest BCUT2D eigenvalue weighted by atomic mass is 10.0. The van der Waals surface area contributed by atoms with Gasteiger partial charge in [-0.2, -0.15) is 0 Å². The summed E-state index contributed by atoms with van der Waals surface area (Å²) in [5.41, 5.74) is 2.16. The zero-order chi connectivity index (χ0) is 20.7. The fourth-order valence-corrected chi connectivity index (χ4v) is 2.57. The van der Waals surface area contributed by atoms with Crippen molar-refractivity contribution in [1.29, 1.82) is 0 Å². The average molecular weight is 385 g/mol. The van der Waals surface area contributed by atoms with E-state index in [4.69, 9.17) is 9.47 Å². The van der Waals surface area contributed by atoms with Crippen molar-refractivity contribution in [2.45, 2.75) is 32.8 Å². The minimum Gasteiger partial charge on any atom is -0.494 e. The first-order valence-electron chi connectivity index (χ1n) is 8.93. The summed E-state index contributed by atoms with van der Waals surface area (Å²) in [6, 6.07) is 11.8. The van der Waals surface area contributed by atoms with E-state index in [0.717, 1.165) is 11.6 Å². The number of halogens is 1. The van der Waals surface area contributed by atoms with Crippen LogP contribution in [0.3, 0.4) is 0 Å². The quantitative estimate of drug-likeness (QED) is 0.561. The highest BCUT2D eigenvalue weighted by atomic mass is 19.1. The molecule has 0 saturated carbocycles. The van der Waals surface area contributed by atoms with Crippen LogP contribution < -0.4 is 10.1 Å². The topological polar surface area (TPSA) is 64.6 Å². The Hall–Kier alpha value is -3.15. The molecule has 0 fully saturated rings. The van der Waals surface area contributed by atoms with E-state index in [0.29, 0.717) is 11.3 Å². The number of anilines is 1. The van der Waals surface area contributed by atoms with Gasteiger partial charge in [0, 0.05) is 11.8 Å². The van der Waals surface area contributed by atoms with E-state index < -0.39 is 23.8 Å². The molecule has 0 aliphatic carbocycles. The zero-order valence-corrected chi connectivity index (χ0v) is 16.4. The number of esters is 1. The highest BCUT2D eigenvalue weighted by molar-refractivity contribution is 5.97. The summed E-state index contributed by atoms with van der Waals surface area (Å²) in [5.74, 6) is -1.30. The molecule has 0 aromatic heterocycles. The Morgan fingerprint density at radius 3 is 2.46 bits per heavy atom. The molecule has 6 heteroatoms. The molecule has 0 aliphatic heterocycles. The molecular weight excluding hydrogens is 361 g/mol. The Labute approximate surface area is 164 Å². The van der Waals surface area contributed by atoms with Gasteiger partial charge in [-0.15, -0.1) is 0 Å². The highest BCUT2D eigenvalue weighted by Crippen LogP contribution is 2.24. The van der Waals surface area contributed by atoms with Crippen LogP contribution in [0.15, 0.2) is 48.5 Å². The van der Waals surface area contributed by atoms with Gasteiger partial charge in [0.25, 0.3) is 5.91 Å². The van der Waals surface area contributed by atoms with Crippen molar-refractivity contribution in [3.05, 3.63) is 65.5 Å². The van der Waals surface area contributed by atoms with Crippen molar-refractivity contribution in [3.8, 4) is 5.75 Å². The molecule has 1 amide bonds. The number of para-hydroxylation sites is 1. The van der Waals surface area contributed by atoms with Crippen LogP contribution in [0.25, 0.3) is 6.08 Å². The van der Waals surface area contributed by atoms with Gasteiger partial charge in [0.1, 0.15) is 0 Å². The number of hydrogen-bond donors (Lipinski definition) is 1. The van der Waals surface area contributed by atoms with E-state index in [1.807, 2.05) is 32.0 Å². The van der Waals surface area contributed by atoms with Gasteiger partial charge in [0.05, 0.1) is 7.11 Å². The van der Waals surface area contributed by atoms with Crippen molar-refractivity contribution >= 4 is 23.6 Å². The summed E-state index contributed by atoms with van der Waals surface area (Å²) in [6.45, 7) is 5.55. The van der Waals surface area contributed by atoms with Crippen LogP contribution in [0.2, 0.25) is 0 Å². The number of methoxy groups -OCH3 is 1. The van der Waals surface area contributed by atoms with Gasteiger partial charge in [0.15, 0.2) is 17.7 Å². The molecule has 0 bridgehead atoms. The smallest absolute Gasteiger partial charge is 0.331 e. The Balaban J connectivity index is 1.96. The predicted octanol–water partition coefficient (Wildman–Crippen LogP) is 4.54. The number of ether oxygens (including phenoxy) is 2.